The fourth-order valence-electron chi connectivity index (χ4n) is 2.76. The second-order valence-electron chi connectivity index (χ2n) is 7.76. The lowest BCUT2D eigenvalue weighted by Gasteiger charge is -2.23. The molecule has 0 bridgehead atoms. The third-order valence-electron chi connectivity index (χ3n) is 4.39. The van der Waals surface area contributed by atoms with Crippen LogP contribution in [0.2, 0.25) is 0 Å². The Morgan fingerprint density at radius 2 is 1.90 bits per heavy atom. The summed E-state index contributed by atoms with van der Waals surface area (Å²) >= 11 is 1.20. The highest BCUT2D eigenvalue weighted by atomic mass is 32.1. The monoisotopic (exact) mass is 416 g/mol. The Kier molecular flexibility index (Phi) is 6.46. The fourth-order valence-corrected chi connectivity index (χ4v) is 3.61. The molecule has 0 saturated carbocycles. The summed E-state index contributed by atoms with van der Waals surface area (Å²) in [7, 11) is 6.26. The Hall–Kier alpha value is -2.55. The maximum atomic E-state index is 12.9. The molecular formula is C21H26N3O4S+. The molecule has 0 aliphatic rings. The second-order valence-corrected chi connectivity index (χ2v) is 8.97. The van der Waals surface area contributed by atoms with Gasteiger partial charge in [0, 0.05) is 22.0 Å². The highest BCUT2D eigenvalue weighted by molar-refractivity contribution is 7.14. The topological polar surface area (TPSA) is 81.3 Å². The molecule has 0 aliphatic heterocycles. The number of carbonyl (C=O) groups excluding carboxylic acids is 2. The standard InChI is InChI=1S/C21H25N3O4S/c1-14-18(21(26)28-12-11-27-10-9-24(2,3)4)23-20(29-14)19(25)16-13-22-17-8-6-5-7-15(16)17/h5-8,13H,9-12H2,1-4H3/p+1. The highest BCUT2D eigenvalue weighted by Gasteiger charge is 2.23. The Morgan fingerprint density at radius 3 is 2.66 bits per heavy atom. The molecule has 0 aliphatic carbocycles. The van der Waals surface area contributed by atoms with Crippen molar-refractivity contribution in [1.29, 1.82) is 0 Å². The predicted octanol–water partition coefficient (Wildman–Crippen LogP) is 3.04. The summed E-state index contributed by atoms with van der Waals surface area (Å²) in [5.41, 5.74) is 1.61. The lowest BCUT2D eigenvalue weighted by atomic mass is 10.1. The fraction of sp³-hybridized carbons (Fsp3) is 0.381. The summed E-state index contributed by atoms with van der Waals surface area (Å²) in [5, 5.41) is 1.11. The smallest absolute Gasteiger partial charge is 0.358 e. The van der Waals surface area contributed by atoms with Crippen LogP contribution in [0.4, 0.5) is 0 Å². The van der Waals surface area contributed by atoms with Gasteiger partial charge in [-0.25, -0.2) is 9.78 Å². The number of aryl methyl sites for hydroxylation is 1. The number of hydrogen-bond acceptors (Lipinski definition) is 6. The summed E-state index contributed by atoms with van der Waals surface area (Å²) in [6, 6.07) is 7.57. The molecule has 2 aromatic heterocycles. The number of hydrogen-bond donors (Lipinski definition) is 1. The normalized spacial score (nSPS) is 11.7. The van der Waals surface area contributed by atoms with Crippen LogP contribution in [0.25, 0.3) is 10.9 Å². The van der Waals surface area contributed by atoms with E-state index >= 15 is 0 Å². The van der Waals surface area contributed by atoms with Crippen molar-refractivity contribution in [3.63, 3.8) is 0 Å². The van der Waals surface area contributed by atoms with Crippen LogP contribution in [0.5, 0.6) is 0 Å². The molecule has 8 heteroatoms. The molecule has 0 saturated heterocycles. The molecule has 7 nitrogen and oxygen atoms in total. The van der Waals surface area contributed by atoms with Gasteiger partial charge >= 0.3 is 5.97 Å². The molecule has 0 fully saturated rings. The SMILES string of the molecule is Cc1sc(C(=O)c2c[nH]c3ccccc23)nc1C(=O)OCCOCC[N+](C)(C)C. The number of ketones is 1. The maximum absolute atomic E-state index is 12.9. The van der Waals surface area contributed by atoms with E-state index in [9.17, 15) is 9.59 Å². The molecule has 0 atom stereocenters. The van der Waals surface area contributed by atoms with E-state index in [1.54, 1.807) is 13.1 Å². The van der Waals surface area contributed by atoms with Crippen LogP contribution in [-0.2, 0) is 9.47 Å². The van der Waals surface area contributed by atoms with Crippen molar-refractivity contribution in [2.75, 3.05) is 47.5 Å². The largest absolute Gasteiger partial charge is 0.458 e. The average molecular weight is 417 g/mol. The van der Waals surface area contributed by atoms with Crippen molar-refractivity contribution in [1.82, 2.24) is 9.97 Å². The Labute approximate surface area is 173 Å². The van der Waals surface area contributed by atoms with Gasteiger partial charge in [-0.2, -0.15) is 0 Å². The van der Waals surface area contributed by atoms with Gasteiger partial charge in [0.2, 0.25) is 5.78 Å². The molecule has 3 aromatic rings. The van der Waals surface area contributed by atoms with Crippen molar-refractivity contribution in [3.8, 4) is 0 Å². The first kappa shape index (κ1) is 21.2. The number of ether oxygens (including phenoxy) is 2. The van der Waals surface area contributed by atoms with E-state index in [0.29, 0.717) is 23.7 Å². The lowest BCUT2D eigenvalue weighted by Crippen LogP contribution is -2.37. The summed E-state index contributed by atoms with van der Waals surface area (Å²) in [4.78, 5) is 33.2. The molecule has 0 unspecified atom stereocenters. The number of nitrogens with zero attached hydrogens (tertiary/aromatic N) is 2. The van der Waals surface area contributed by atoms with Crippen LogP contribution in [0.15, 0.2) is 30.5 Å². The van der Waals surface area contributed by atoms with Gasteiger partial charge in [0.05, 0.1) is 39.9 Å². The minimum Gasteiger partial charge on any atom is -0.458 e. The molecule has 0 spiro atoms. The van der Waals surface area contributed by atoms with E-state index in [0.717, 1.165) is 21.9 Å². The third-order valence-corrected chi connectivity index (χ3v) is 5.35. The molecule has 1 N–H and O–H groups in total. The van der Waals surface area contributed by atoms with Gasteiger partial charge in [-0.05, 0) is 13.0 Å². The van der Waals surface area contributed by atoms with Crippen molar-refractivity contribution >= 4 is 34.0 Å². The van der Waals surface area contributed by atoms with Crippen molar-refractivity contribution in [3.05, 3.63) is 51.6 Å². The number of nitrogens with one attached hydrogen (secondary N) is 1. The Bertz CT molecular complexity index is 1020. The lowest BCUT2D eigenvalue weighted by molar-refractivity contribution is -0.870. The zero-order chi connectivity index (χ0) is 21.0. The quantitative estimate of drug-likeness (QED) is 0.251. The predicted molar refractivity (Wildman–Crippen MR) is 113 cm³/mol. The van der Waals surface area contributed by atoms with Crippen LogP contribution < -0.4 is 0 Å². The summed E-state index contributed by atoms with van der Waals surface area (Å²) < 4.78 is 11.6. The van der Waals surface area contributed by atoms with Gasteiger partial charge in [-0.3, -0.25) is 4.79 Å². The van der Waals surface area contributed by atoms with Crippen LogP contribution >= 0.6 is 11.3 Å². The first-order valence-electron chi connectivity index (χ1n) is 9.40. The van der Waals surface area contributed by atoms with Crippen LogP contribution in [0.1, 0.15) is 30.7 Å². The number of likely N-dealkylation sites (N-methyl/N-ethyl adjacent to an activating group) is 1. The number of quaternary nitrogens is 1. The third kappa shape index (κ3) is 5.29. The number of carbonyl (C=O) groups is 2. The van der Waals surface area contributed by atoms with E-state index in [-0.39, 0.29) is 23.1 Å². The van der Waals surface area contributed by atoms with Crippen LogP contribution in [0, 0.1) is 6.92 Å². The first-order chi connectivity index (χ1) is 13.8. The number of benzene rings is 1. The van der Waals surface area contributed by atoms with E-state index in [1.807, 2.05) is 24.3 Å². The van der Waals surface area contributed by atoms with E-state index < -0.39 is 5.97 Å². The van der Waals surface area contributed by atoms with Gasteiger partial charge in [0.25, 0.3) is 0 Å². The van der Waals surface area contributed by atoms with Crippen molar-refractivity contribution < 1.29 is 23.5 Å². The summed E-state index contributed by atoms with van der Waals surface area (Å²) in [6.07, 6.45) is 1.68. The Balaban J connectivity index is 1.59. The van der Waals surface area contributed by atoms with Gasteiger partial charge < -0.3 is 18.9 Å². The van der Waals surface area contributed by atoms with Gasteiger partial charge in [-0.1, -0.05) is 18.2 Å². The number of fused-ring (bicyclic) bond motifs is 1. The molecule has 29 heavy (non-hydrogen) atoms. The molecule has 154 valence electrons. The first-order valence-corrected chi connectivity index (χ1v) is 10.2. The molecule has 0 radical (unpaired) electrons. The maximum Gasteiger partial charge on any atom is 0.358 e. The minimum absolute atomic E-state index is 0.151. The van der Waals surface area contributed by atoms with Gasteiger partial charge in [-0.15, -0.1) is 11.3 Å². The van der Waals surface area contributed by atoms with Crippen molar-refractivity contribution in [2.24, 2.45) is 0 Å². The number of esters is 1. The molecule has 3 rings (SSSR count). The van der Waals surface area contributed by atoms with Crippen LogP contribution in [0.3, 0.4) is 0 Å². The minimum atomic E-state index is -0.535. The zero-order valence-electron chi connectivity index (χ0n) is 17.2. The van der Waals surface area contributed by atoms with E-state index in [2.05, 4.69) is 31.1 Å². The average Bonchev–Trinajstić information content (AvgIpc) is 3.26. The second kappa shape index (κ2) is 8.86. The summed E-state index contributed by atoms with van der Waals surface area (Å²) in [6.45, 7) is 3.71. The number of thiazole rings is 1. The molecular weight excluding hydrogens is 390 g/mol. The van der Waals surface area contributed by atoms with E-state index in [4.69, 9.17) is 9.47 Å². The van der Waals surface area contributed by atoms with E-state index in [1.165, 1.54) is 11.3 Å². The molecule has 2 heterocycles. The number of aromatic nitrogens is 2. The molecule has 0 amide bonds. The number of rotatable bonds is 9. The van der Waals surface area contributed by atoms with Gasteiger partial charge in [0.15, 0.2) is 10.7 Å². The molecule has 1 aromatic carbocycles. The zero-order valence-corrected chi connectivity index (χ0v) is 18.0. The summed E-state index contributed by atoms with van der Waals surface area (Å²) in [5.74, 6) is -0.745. The van der Waals surface area contributed by atoms with Crippen molar-refractivity contribution in [2.45, 2.75) is 6.92 Å². The number of para-hydroxylation sites is 1. The number of aromatic amines is 1. The number of H-pyrrole nitrogens is 1. The highest BCUT2D eigenvalue weighted by Crippen LogP contribution is 2.25. The van der Waals surface area contributed by atoms with Crippen LogP contribution in [-0.4, -0.2) is 73.7 Å². The Morgan fingerprint density at radius 1 is 1.14 bits per heavy atom. The van der Waals surface area contributed by atoms with Gasteiger partial charge in [0.1, 0.15) is 13.2 Å².